The largest absolute Gasteiger partial charge is 0.298 e. The highest BCUT2D eigenvalue weighted by atomic mass is 16.1. The van der Waals surface area contributed by atoms with Gasteiger partial charge in [0, 0.05) is 5.92 Å². The summed E-state index contributed by atoms with van der Waals surface area (Å²) in [5, 5.41) is 9.02. The Morgan fingerprint density at radius 3 is 2.53 bits per heavy atom. The van der Waals surface area contributed by atoms with E-state index >= 15 is 0 Å². The molecule has 0 bridgehead atoms. The summed E-state index contributed by atoms with van der Waals surface area (Å²) in [5.74, 6) is 0.913. The van der Waals surface area contributed by atoms with Crippen molar-refractivity contribution in [1.82, 2.24) is 0 Å². The van der Waals surface area contributed by atoms with Gasteiger partial charge in [0.05, 0.1) is 6.07 Å². The van der Waals surface area contributed by atoms with Gasteiger partial charge in [0.15, 0.2) is 5.78 Å². The number of rotatable bonds is 4. The molecule has 1 fully saturated rings. The molecule has 0 aliphatic heterocycles. The second kappa shape index (κ2) is 5.30. The van der Waals surface area contributed by atoms with Crippen LogP contribution in [0.3, 0.4) is 0 Å². The highest BCUT2D eigenvalue weighted by Gasteiger charge is 2.34. The quantitative estimate of drug-likeness (QED) is 0.710. The Labute approximate surface area is 92.7 Å². The first-order valence-electron chi connectivity index (χ1n) is 5.99. The number of carbonyl (C=O) groups excluding carboxylic acids is 1. The van der Waals surface area contributed by atoms with Gasteiger partial charge in [-0.2, -0.15) is 5.26 Å². The molecule has 0 radical (unpaired) electrons. The average Bonchev–Trinajstić information content (AvgIpc) is 2.59. The fourth-order valence-electron chi connectivity index (χ4n) is 2.53. The van der Waals surface area contributed by atoms with E-state index in [0.717, 1.165) is 25.7 Å². The molecule has 0 saturated heterocycles. The maximum atomic E-state index is 12.1. The summed E-state index contributed by atoms with van der Waals surface area (Å²) in [5.41, 5.74) is 0. The van der Waals surface area contributed by atoms with Crippen LogP contribution in [-0.4, -0.2) is 5.78 Å². The van der Waals surface area contributed by atoms with Crippen LogP contribution in [0.1, 0.15) is 46.5 Å². The minimum absolute atomic E-state index is 0.161. The zero-order chi connectivity index (χ0) is 11.4. The highest BCUT2D eigenvalue weighted by Crippen LogP contribution is 2.34. The van der Waals surface area contributed by atoms with Crippen LogP contribution in [0.5, 0.6) is 0 Å². The van der Waals surface area contributed by atoms with Crippen LogP contribution in [0.15, 0.2) is 0 Å². The molecule has 0 aromatic rings. The van der Waals surface area contributed by atoms with Gasteiger partial charge in [-0.05, 0) is 31.1 Å². The molecule has 2 nitrogen and oxygen atoms in total. The number of ketones is 1. The summed E-state index contributed by atoms with van der Waals surface area (Å²) in [6, 6.07) is 2.18. The summed E-state index contributed by atoms with van der Waals surface area (Å²) in [6.07, 6.45) is 4.02. The van der Waals surface area contributed by atoms with E-state index in [1.165, 1.54) is 0 Å². The minimum atomic E-state index is -0.365. The number of nitrogens with zero attached hydrogens (tertiary/aromatic N) is 1. The van der Waals surface area contributed by atoms with Crippen molar-refractivity contribution < 1.29 is 4.79 Å². The van der Waals surface area contributed by atoms with Gasteiger partial charge in [-0.15, -0.1) is 0 Å². The molecule has 3 atom stereocenters. The molecule has 0 heterocycles. The van der Waals surface area contributed by atoms with Gasteiger partial charge >= 0.3 is 0 Å². The van der Waals surface area contributed by atoms with Crippen molar-refractivity contribution in [2.24, 2.45) is 23.7 Å². The van der Waals surface area contributed by atoms with Crippen LogP contribution in [0.25, 0.3) is 0 Å². The van der Waals surface area contributed by atoms with Gasteiger partial charge in [0.2, 0.25) is 0 Å². The van der Waals surface area contributed by atoms with Gasteiger partial charge in [-0.25, -0.2) is 0 Å². The fraction of sp³-hybridized carbons (Fsp3) is 0.846. The third-order valence-corrected chi connectivity index (χ3v) is 3.43. The van der Waals surface area contributed by atoms with Gasteiger partial charge in [0.25, 0.3) is 0 Å². The molecule has 0 aromatic carbocycles. The zero-order valence-electron chi connectivity index (χ0n) is 9.99. The molecule has 0 spiro atoms. The van der Waals surface area contributed by atoms with Crippen molar-refractivity contribution in [3.05, 3.63) is 0 Å². The van der Waals surface area contributed by atoms with Crippen LogP contribution < -0.4 is 0 Å². The molecule has 0 amide bonds. The summed E-state index contributed by atoms with van der Waals surface area (Å²) in [7, 11) is 0. The lowest BCUT2D eigenvalue weighted by atomic mass is 9.83. The number of hydrogen-bond acceptors (Lipinski definition) is 2. The molecule has 1 saturated carbocycles. The highest BCUT2D eigenvalue weighted by molar-refractivity contribution is 5.86. The second-order valence-corrected chi connectivity index (χ2v) is 5.23. The third-order valence-electron chi connectivity index (χ3n) is 3.43. The Balaban J connectivity index is 2.61. The molecule has 0 N–H and O–H groups in total. The minimum Gasteiger partial charge on any atom is -0.298 e. The summed E-state index contributed by atoms with van der Waals surface area (Å²) in [4.78, 5) is 12.1. The summed E-state index contributed by atoms with van der Waals surface area (Å²) >= 11 is 0. The predicted octanol–water partition coefficient (Wildman–Crippen LogP) is 3.18. The first kappa shape index (κ1) is 12.2. The fourth-order valence-corrected chi connectivity index (χ4v) is 2.53. The Morgan fingerprint density at radius 2 is 2.13 bits per heavy atom. The van der Waals surface area contributed by atoms with E-state index < -0.39 is 0 Å². The number of Topliss-reactive ketones (excluding diaryl/α,β-unsaturated/α-hetero) is 1. The van der Waals surface area contributed by atoms with Crippen LogP contribution in [-0.2, 0) is 4.79 Å². The Morgan fingerprint density at radius 1 is 1.47 bits per heavy atom. The normalized spacial score (nSPS) is 27.7. The second-order valence-electron chi connectivity index (χ2n) is 5.23. The van der Waals surface area contributed by atoms with E-state index in [4.69, 9.17) is 5.26 Å². The van der Waals surface area contributed by atoms with Crippen molar-refractivity contribution >= 4 is 5.78 Å². The molecule has 2 heteroatoms. The van der Waals surface area contributed by atoms with E-state index in [1.807, 2.05) is 0 Å². The predicted molar refractivity (Wildman–Crippen MR) is 60.1 cm³/mol. The van der Waals surface area contributed by atoms with Crippen LogP contribution in [0.4, 0.5) is 0 Å². The molecule has 1 aliphatic carbocycles. The van der Waals surface area contributed by atoms with Crippen molar-refractivity contribution in [2.75, 3.05) is 0 Å². The van der Waals surface area contributed by atoms with E-state index in [0.29, 0.717) is 11.8 Å². The van der Waals surface area contributed by atoms with Crippen LogP contribution >= 0.6 is 0 Å². The standard InChI is InChI=1S/C13H21NO/c1-9(2)7-11(8-14)13(15)12-6-4-5-10(12)3/h9-12H,4-7H2,1-3H3. The lowest BCUT2D eigenvalue weighted by molar-refractivity contribution is -0.126. The van der Waals surface area contributed by atoms with Crippen molar-refractivity contribution in [1.29, 1.82) is 5.26 Å². The van der Waals surface area contributed by atoms with Crippen LogP contribution in [0, 0.1) is 35.0 Å². The third kappa shape index (κ3) is 3.06. The number of carbonyl (C=O) groups is 1. The van der Waals surface area contributed by atoms with E-state index in [2.05, 4.69) is 26.8 Å². The van der Waals surface area contributed by atoms with Crippen molar-refractivity contribution in [2.45, 2.75) is 46.5 Å². The molecule has 84 valence electrons. The first-order valence-corrected chi connectivity index (χ1v) is 5.99. The molecule has 3 unspecified atom stereocenters. The lowest BCUT2D eigenvalue weighted by Crippen LogP contribution is -2.25. The Kier molecular flexibility index (Phi) is 4.32. The van der Waals surface area contributed by atoms with E-state index in [-0.39, 0.29) is 17.6 Å². The SMILES string of the molecule is CC(C)CC(C#N)C(=O)C1CCCC1C. The molecular formula is C13H21NO. The first-order chi connectivity index (χ1) is 7.06. The van der Waals surface area contributed by atoms with E-state index in [1.54, 1.807) is 0 Å². The van der Waals surface area contributed by atoms with Gasteiger partial charge < -0.3 is 0 Å². The monoisotopic (exact) mass is 207 g/mol. The zero-order valence-corrected chi connectivity index (χ0v) is 9.99. The van der Waals surface area contributed by atoms with Gasteiger partial charge in [-0.3, -0.25) is 4.79 Å². The summed E-state index contributed by atoms with van der Waals surface area (Å²) in [6.45, 7) is 6.27. The maximum Gasteiger partial charge on any atom is 0.153 e. The van der Waals surface area contributed by atoms with Crippen molar-refractivity contribution in [3.63, 3.8) is 0 Å². The van der Waals surface area contributed by atoms with Gasteiger partial charge in [0.1, 0.15) is 5.92 Å². The maximum absolute atomic E-state index is 12.1. The molecule has 15 heavy (non-hydrogen) atoms. The van der Waals surface area contributed by atoms with E-state index in [9.17, 15) is 4.79 Å². The number of hydrogen-bond donors (Lipinski definition) is 0. The molecule has 0 aromatic heterocycles. The Bertz CT molecular complexity index is 264. The molecular weight excluding hydrogens is 186 g/mol. The average molecular weight is 207 g/mol. The molecule has 1 aliphatic rings. The van der Waals surface area contributed by atoms with Crippen LogP contribution in [0.2, 0.25) is 0 Å². The van der Waals surface area contributed by atoms with Gasteiger partial charge in [-0.1, -0.05) is 27.2 Å². The summed E-state index contributed by atoms with van der Waals surface area (Å²) < 4.78 is 0. The van der Waals surface area contributed by atoms with Crippen molar-refractivity contribution in [3.8, 4) is 6.07 Å². The number of nitriles is 1. The molecule has 1 rings (SSSR count). The lowest BCUT2D eigenvalue weighted by Gasteiger charge is -2.18. The topological polar surface area (TPSA) is 40.9 Å². The Hall–Kier alpha value is -0.840. The smallest absolute Gasteiger partial charge is 0.153 e.